The number of rotatable bonds is 4. The molecule has 134 valence electrons. The van der Waals surface area contributed by atoms with Crippen LogP contribution < -0.4 is 19.9 Å². The van der Waals surface area contributed by atoms with Crippen LogP contribution in [-0.4, -0.2) is 35.8 Å². The summed E-state index contributed by atoms with van der Waals surface area (Å²) in [5.41, 5.74) is 3.01. The number of nitrogens with one attached hydrogen (secondary N) is 1. The Morgan fingerprint density at radius 3 is 2.62 bits per heavy atom. The molecule has 0 saturated heterocycles. The number of hydrogen-bond donors (Lipinski definition) is 1. The predicted molar refractivity (Wildman–Crippen MR) is 96.6 cm³/mol. The monoisotopic (exact) mass is 353 g/mol. The summed E-state index contributed by atoms with van der Waals surface area (Å²) >= 11 is 0. The summed E-state index contributed by atoms with van der Waals surface area (Å²) in [7, 11) is 3.29. The van der Waals surface area contributed by atoms with Crippen LogP contribution >= 0.6 is 0 Å². The summed E-state index contributed by atoms with van der Waals surface area (Å²) in [4.78, 5) is 13.9. The first-order valence-corrected chi connectivity index (χ1v) is 8.59. The van der Waals surface area contributed by atoms with E-state index in [4.69, 9.17) is 9.47 Å². The van der Waals surface area contributed by atoms with Crippen molar-refractivity contribution in [3.05, 3.63) is 57.9 Å². The maximum Gasteiger partial charge on any atom is 0.282 e. The van der Waals surface area contributed by atoms with Crippen LogP contribution in [0.1, 0.15) is 11.1 Å². The average Bonchev–Trinajstić information content (AvgIpc) is 2.69. The summed E-state index contributed by atoms with van der Waals surface area (Å²) in [6.45, 7) is 2.21. The third kappa shape index (κ3) is 2.90. The smallest absolute Gasteiger partial charge is 0.282 e. The molecule has 7 nitrogen and oxygen atoms in total. The van der Waals surface area contributed by atoms with Crippen LogP contribution in [0, 0.1) is 0 Å². The molecule has 1 aromatic heterocycles. The van der Waals surface area contributed by atoms with Gasteiger partial charge in [-0.25, -0.2) is 0 Å². The molecule has 0 aliphatic carbocycles. The zero-order valence-corrected chi connectivity index (χ0v) is 14.9. The lowest BCUT2D eigenvalue weighted by Crippen LogP contribution is -3.11. The van der Waals surface area contributed by atoms with Crippen LogP contribution in [0.3, 0.4) is 0 Å². The maximum absolute atomic E-state index is 12.6. The first-order chi connectivity index (χ1) is 12.7. The molecule has 1 aliphatic heterocycles. The Bertz CT molecular complexity index is 1020. The number of quaternary nitrogens is 1. The summed E-state index contributed by atoms with van der Waals surface area (Å²) in [5.74, 6) is 1.49. The Hall–Kier alpha value is -2.93. The van der Waals surface area contributed by atoms with Crippen molar-refractivity contribution < 1.29 is 14.4 Å². The molecule has 3 aromatic rings. The summed E-state index contributed by atoms with van der Waals surface area (Å²) in [6.07, 6.45) is 0.917. The molecule has 0 radical (unpaired) electrons. The van der Waals surface area contributed by atoms with Gasteiger partial charge in [0.15, 0.2) is 18.2 Å². The van der Waals surface area contributed by atoms with Gasteiger partial charge in [0.2, 0.25) is 0 Å². The highest BCUT2D eigenvalue weighted by atomic mass is 16.5. The van der Waals surface area contributed by atoms with E-state index in [0.29, 0.717) is 17.6 Å². The Balaban J connectivity index is 1.60. The number of ether oxygens (including phenoxy) is 2. The largest absolute Gasteiger partial charge is 0.493 e. The Morgan fingerprint density at radius 2 is 1.85 bits per heavy atom. The SMILES string of the molecule is COc1cc2c(cc1OC)C[NH+](Cn1nnc3ccccc3c1=O)CC2. The number of hydrogen-bond acceptors (Lipinski definition) is 5. The van der Waals surface area contributed by atoms with Crippen LogP contribution in [0.2, 0.25) is 0 Å². The van der Waals surface area contributed by atoms with Gasteiger partial charge in [-0.3, -0.25) is 4.79 Å². The first kappa shape index (κ1) is 16.5. The molecule has 2 aromatic carbocycles. The standard InChI is InChI=1S/C19H20N4O3/c1-25-17-9-13-7-8-22(11-14(13)10-18(17)26-2)12-23-19(24)15-5-3-4-6-16(15)20-21-23/h3-6,9-10H,7-8,11-12H2,1-2H3/p+1. The van der Waals surface area contributed by atoms with Crippen molar-refractivity contribution >= 4 is 10.9 Å². The average molecular weight is 353 g/mol. The molecule has 4 rings (SSSR count). The van der Waals surface area contributed by atoms with Gasteiger partial charge < -0.3 is 14.4 Å². The van der Waals surface area contributed by atoms with E-state index in [1.807, 2.05) is 24.3 Å². The van der Waals surface area contributed by atoms with Crippen molar-refractivity contribution in [1.82, 2.24) is 15.0 Å². The molecule has 0 bridgehead atoms. The fourth-order valence-corrected chi connectivity index (χ4v) is 3.50. The minimum atomic E-state index is -0.0961. The highest BCUT2D eigenvalue weighted by Gasteiger charge is 2.23. The summed E-state index contributed by atoms with van der Waals surface area (Å²) in [5, 5.41) is 8.87. The van der Waals surface area contributed by atoms with E-state index in [1.165, 1.54) is 20.7 Å². The highest BCUT2D eigenvalue weighted by Crippen LogP contribution is 2.31. The van der Waals surface area contributed by atoms with Crippen LogP contribution in [0.4, 0.5) is 0 Å². The normalized spacial score (nSPS) is 16.3. The van der Waals surface area contributed by atoms with Crippen LogP contribution in [0.5, 0.6) is 11.5 Å². The Morgan fingerprint density at radius 1 is 1.12 bits per heavy atom. The van der Waals surface area contributed by atoms with E-state index in [2.05, 4.69) is 10.3 Å². The van der Waals surface area contributed by atoms with Crippen molar-refractivity contribution in [2.45, 2.75) is 19.6 Å². The molecule has 1 aliphatic rings. The number of benzene rings is 2. The predicted octanol–water partition coefficient (Wildman–Crippen LogP) is 0.407. The molecule has 0 fully saturated rings. The van der Waals surface area contributed by atoms with Crippen molar-refractivity contribution in [1.29, 1.82) is 0 Å². The van der Waals surface area contributed by atoms with E-state index < -0.39 is 0 Å². The third-order valence-electron chi connectivity index (χ3n) is 4.90. The highest BCUT2D eigenvalue weighted by molar-refractivity contribution is 5.76. The zero-order chi connectivity index (χ0) is 18.1. The third-order valence-corrected chi connectivity index (χ3v) is 4.90. The minimum absolute atomic E-state index is 0.0961. The molecule has 0 saturated carbocycles. The van der Waals surface area contributed by atoms with Gasteiger partial charge in [0.1, 0.15) is 12.1 Å². The van der Waals surface area contributed by atoms with Gasteiger partial charge in [0.05, 0.1) is 26.2 Å². The number of aromatic nitrogens is 3. The number of fused-ring (bicyclic) bond motifs is 2. The zero-order valence-electron chi connectivity index (χ0n) is 14.9. The quantitative estimate of drug-likeness (QED) is 0.736. The minimum Gasteiger partial charge on any atom is -0.493 e. The molecule has 26 heavy (non-hydrogen) atoms. The lowest BCUT2D eigenvalue weighted by Gasteiger charge is -2.26. The van der Waals surface area contributed by atoms with Gasteiger partial charge in [-0.05, 0) is 29.8 Å². The van der Waals surface area contributed by atoms with Crippen molar-refractivity contribution in [2.24, 2.45) is 0 Å². The van der Waals surface area contributed by atoms with Crippen LogP contribution in [0.15, 0.2) is 41.2 Å². The molecule has 2 heterocycles. The Kier molecular flexibility index (Phi) is 4.30. The van der Waals surface area contributed by atoms with Gasteiger partial charge in [-0.15, -0.1) is 5.10 Å². The molecule has 1 unspecified atom stereocenters. The molecule has 1 atom stereocenters. The lowest BCUT2D eigenvalue weighted by molar-refractivity contribution is -0.939. The van der Waals surface area contributed by atoms with Gasteiger partial charge in [-0.1, -0.05) is 17.3 Å². The molecular formula is C19H21N4O3+. The second-order valence-corrected chi connectivity index (χ2v) is 6.47. The topological polar surface area (TPSA) is 70.7 Å². The summed E-state index contributed by atoms with van der Waals surface area (Å²) in [6, 6.07) is 11.4. The van der Waals surface area contributed by atoms with Crippen molar-refractivity contribution in [2.75, 3.05) is 20.8 Å². The summed E-state index contributed by atoms with van der Waals surface area (Å²) < 4.78 is 12.3. The number of methoxy groups -OCH3 is 2. The van der Waals surface area contributed by atoms with E-state index in [-0.39, 0.29) is 5.56 Å². The lowest BCUT2D eigenvalue weighted by atomic mass is 9.99. The fraction of sp³-hybridized carbons (Fsp3) is 0.316. The maximum atomic E-state index is 12.6. The molecule has 0 spiro atoms. The molecule has 1 N–H and O–H groups in total. The second-order valence-electron chi connectivity index (χ2n) is 6.47. The van der Waals surface area contributed by atoms with Crippen LogP contribution in [0.25, 0.3) is 10.9 Å². The van der Waals surface area contributed by atoms with Crippen molar-refractivity contribution in [3.63, 3.8) is 0 Å². The van der Waals surface area contributed by atoms with E-state index in [0.717, 1.165) is 31.0 Å². The van der Waals surface area contributed by atoms with Crippen molar-refractivity contribution in [3.8, 4) is 11.5 Å². The fourth-order valence-electron chi connectivity index (χ4n) is 3.50. The van der Waals surface area contributed by atoms with Gasteiger partial charge in [0.25, 0.3) is 5.56 Å². The molecule has 7 heteroatoms. The van der Waals surface area contributed by atoms with Gasteiger partial charge in [-0.2, -0.15) is 4.68 Å². The van der Waals surface area contributed by atoms with Gasteiger partial charge >= 0.3 is 0 Å². The number of nitrogens with zero attached hydrogens (tertiary/aromatic N) is 3. The van der Waals surface area contributed by atoms with E-state index in [1.54, 1.807) is 26.4 Å². The van der Waals surface area contributed by atoms with Crippen LogP contribution in [-0.2, 0) is 19.6 Å². The molecular weight excluding hydrogens is 332 g/mol. The molecule has 0 amide bonds. The first-order valence-electron chi connectivity index (χ1n) is 8.59. The van der Waals surface area contributed by atoms with E-state index in [9.17, 15) is 4.79 Å². The van der Waals surface area contributed by atoms with E-state index >= 15 is 0 Å². The Labute approximate surface area is 150 Å². The van der Waals surface area contributed by atoms with Gasteiger partial charge in [0, 0.05) is 12.0 Å². The second kappa shape index (κ2) is 6.76.